The van der Waals surface area contributed by atoms with Crippen LogP contribution in [0.3, 0.4) is 0 Å². The molecule has 1 amide bonds. The van der Waals surface area contributed by atoms with Gasteiger partial charge in [-0.15, -0.1) is 11.3 Å². The van der Waals surface area contributed by atoms with E-state index in [4.69, 9.17) is 9.26 Å². The Balaban J connectivity index is 1.55. The van der Waals surface area contributed by atoms with E-state index in [1.54, 1.807) is 11.3 Å². The van der Waals surface area contributed by atoms with Gasteiger partial charge in [0, 0.05) is 23.8 Å². The van der Waals surface area contributed by atoms with Crippen molar-refractivity contribution in [2.75, 3.05) is 13.2 Å². The average Bonchev–Trinajstić information content (AvgIpc) is 3.15. The molecule has 6 nitrogen and oxygen atoms in total. The lowest BCUT2D eigenvalue weighted by Crippen LogP contribution is -2.41. The standard InChI is InChI=1S/C15H19N3O3S/c1-9-3-13(21-18-9)4-11-6-20-7-14(11)17-15(19)5-12-8-22-10(2)16-12/h3,8,11,14H,4-7H2,1-2H3,(H,17,19)/t11-,14+/m1/s1. The highest BCUT2D eigenvalue weighted by atomic mass is 32.1. The third kappa shape index (κ3) is 3.72. The number of nitrogens with zero attached hydrogens (tertiary/aromatic N) is 2. The maximum absolute atomic E-state index is 12.1. The van der Waals surface area contributed by atoms with Gasteiger partial charge in [-0.05, 0) is 13.8 Å². The van der Waals surface area contributed by atoms with Gasteiger partial charge in [0.1, 0.15) is 5.76 Å². The van der Waals surface area contributed by atoms with Crippen LogP contribution in [-0.4, -0.2) is 35.3 Å². The highest BCUT2D eigenvalue weighted by molar-refractivity contribution is 7.09. The normalized spacial score (nSPS) is 21.2. The van der Waals surface area contributed by atoms with Gasteiger partial charge in [0.25, 0.3) is 0 Å². The molecule has 0 bridgehead atoms. The van der Waals surface area contributed by atoms with Gasteiger partial charge in [-0.2, -0.15) is 0 Å². The number of nitrogens with one attached hydrogen (secondary N) is 1. The van der Waals surface area contributed by atoms with Crippen LogP contribution in [-0.2, 0) is 22.4 Å². The van der Waals surface area contributed by atoms with E-state index >= 15 is 0 Å². The van der Waals surface area contributed by atoms with E-state index in [2.05, 4.69) is 15.5 Å². The summed E-state index contributed by atoms with van der Waals surface area (Å²) in [5, 5.41) is 9.85. The van der Waals surface area contributed by atoms with Crippen LogP contribution in [0, 0.1) is 19.8 Å². The van der Waals surface area contributed by atoms with Gasteiger partial charge < -0.3 is 14.6 Å². The first kappa shape index (κ1) is 15.2. The van der Waals surface area contributed by atoms with Crippen molar-refractivity contribution in [1.82, 2.24) is 15.5 Å². The maximum Gasteiger partial charge on any atom is 0.226 e. The SMILES string of the molecule is Cc1cc(C[C@@H]2COC[C@@H]2NC(=O)Cc2csc(C)n2)on1. The van der Waals surface area contributed by atoms with Crippen LogP contribution >= 0.6 is 11.3 Å². The zero-order valence-electron chi connectivity index (χ0n) is 12.7. The van der Waals surface area contributed by atoms with Crippen molar-refractivity contribution in [2.24, 2.45) is 5.92 Å². The van der Waals surface area contributed by atoms with E-state index in [1.807, 2.05) is 25.3 Å². The molecule has 1 N–H and O–H groups in total. The molecule has 0 aromatic carbocycles. The molecule has 0 spiro atoms. The third-order valence-electron chi connectivity index (χ3n) is 3.69. The number of thiazole rings is 1. The Morgan fingerprint density at radius 1 is 1.45 bits per heavy atom. The largest absolute Gasteiger partial charge is 0.379 e. The van der Waals surface area contributed by atoms with Gasteiger partial charge in [-0.1, -0.05) is 5.16 Å². The minimum atomic E-state index is -0.0143. The molecular weight excluding hydrogens is 302 g/mol. The second kappa shape index (κ2) is 6.58. The summed E-state index contributed by atoms with van der Waals surface area (Å²) in [6.07, 6.45) is 1.04. The quantitative estimate of drug-likeness (QED) is 0.906. The summed E-state index contributed by atoms with van der Waals surface area (Å²) in [6.45, 7) is 5.00. The van der Waals surface area contributed by atoms with Crippen molar-refractivity contribution >= 4 is 17.2 Å². The van der Waals surface area contributed by atoms with Crippen molar-refractivity contribution in [3.8, 4) is 0 Å². The van der Waals surface area contributed by atoms with Crippen LogP contribution in [0.1, 0.15) is 22.2 Å². The monoisotopic (exact) mass is 321 g/mol. The molecule has 0 saturated carbocycles. The highest BCUT2D eigenvalue weighted by Crippen LogP contribution is 2.20. The number of ether oxygens (including phenoxy) is 1. The van der Waals surface area contributed by atoms with E-state index in [9.17, 15) is 4.79 Å². The van der Waals surface area contributed by atoms with Crippen LogP contribution < -0.4 is 5.32 Å². The zero-order chi connectivity index (χ0) is 15.5. The zero-order valence-corrected chi connectivity index (χ0v) is 13.5. The predicted octanol–water partition coefficient (Wildman–Crippen LogP) is 1.66. The molecule has 0 radical (unpaired) electrons. The number of aryl methyl sites for hydroxylation is 2. The van der Waals surface area contributed by atoms with Gasteiger partial charge in [0.15, 0.2) is 0 Å². The fraction of sp³-hybridized carbons (Fsp3) is 0.533. The minimum absolute atomic E-state index is 0.0117. The summed E-state index contributed by atoms with van der Waals surface area (Å²) in [5.74, 6) is 1.04. The van der Waals surface area contributed by atoms with E-state index in [0.29, 0.717) is 19.6 Å². The Morgan fingerprint density at radius 2 is 2.32 bits per heavy atom. The van der Waals surface area contributed by atoms with Crippen LogP contribution in [0.4, 0.5) is 0 Å². The first-order valence-corrected chi connectivity index (χ1v) is 8.18. The fourth-order valence-electron chi connectivity index (χ4n) is 2.64. The van der Waals surface area contributed by atoms with Gasteiger partial charge in [0.05, 0.1) is 42.1 Å². The second-order valence-corrected chi connectivity index (χ2v) is 6.71. The van der Waals surface area contributed by atoms with Crippen LogP contribution in [0.15, 0.2) is 16.0 Å². The van der Waals surface area contributed by atoms with Crippen LogP contribution in [0.5, 0.6) is 0 Å². The summed E-state index contributed by atoms with van der Waals surface area (Å²) in [7, 11) is 0. The molecular formula is C15H19N3O3S. The topological polar surface area (TPSA) is 77.2 Å². The summed E-state index contributed by atoms with van der Waals surface area (Å²) < 4.78 is 10.8. The number of carbonyl (C=O) groups excluding carboxylic acids is 1. The van der Waals surface area contributed by atoms with Gasteiger partial charge >= 0.3 is 0 Å². The summed E-state index contributed by atoms with van der Waals surface area (Å²) in [6, 6.07) is 1.94. The summed E-state index contributed by atoms with van der Waals surface area (Å²) in [5.41, 5.74) is 1.69. The lowest BCUT2D eigenvalue weighted by atomic mass is 9.98. The van der Waals surface area contributed by atoms with E-state index in [0.717, 1.165) is 28.6 Å². The molecule has 0 aliphatic carbocycles. The molecule has 2 aromatic rings. The summed E-state index contributed by atoms with van der Waals surface area (Å²) >= 11 is 1.56. The molecule has 3 heterocycles. The molecule has 1 fully saturated rings. The van der Waals surface area contributed by atoms with Crippen molar-refractivity contribution in [1.29, 1.82) is 0 Å². The minimum Gasteiger partial charge on any atom is -0.379 e. The van der Waals surface area contributed by atoms with E-state index in [-0.39, 0.29) is 17.9 Å². The first-order valence-electron chi connectivity index (χ1n) is 7.30. The van der Waals surface area contributed by atoms with Crippen molar-refractivity contribution < 1.29 is 14.1 Å². The van der Waals surface area contributed by atoms with E-state index < -0.39 is 0 Å². The fourth-order valence-corrected chi connectivity index (χ4v) is 3.25. The Labute approximate surface area is 132 Å². The van der Waals surface area contributed by atoms with Crippen molar-refractivity contribution in [2.45, 2.75) is 32.7 Å². The third-order valence-corrected chi connectivity index (χ3v) is 4.52. The number of amides is 1. The first-order chi connectivity index (χ1) is 10.6. The number of hydrogen-bond acceptors (Lipinski definition) is 6. The lowest BCUT2D eigenvalue weighted by molar-refractivity contribution is -0.121. The van der Waals surface area contributed by atoms with Crippen LogP contribution in [0.2, 0.25) is 0 Å². The van der Waals surface area contributed by atoms with E-state index in [1.165, 1.54) is 0 Å². The lowest BCUT2D eigenvalue weighted by Gasteiger charge is -2.17. The molecule has 2 atom stereocenters. The predicted molar refractivity (Wildman–Crippen MR) is 81.7 cm³/mol. The molecule has 1 aliphatic rings. The Kier molecular flexibility index (Phi) is 4.54. The molecule has 2 aromatic heterocycles. The van der Waals surface area contributed by atoms with Gasteiger partial charge in [-0.3, -0.25) is 4.79 Å². The second-order valence-electron chi connectivity index (χ2n) is 5.64. The van der Waals surface area contributed by atoms with Gasteiger partial charge in [0.2, 0.25) is 5.91 Å². The van der Waals surface area contributed by atoms with Crippen molar-refractivity contribution in [3.63, 3.8) is 0 Å². The number of rotatable bonds is 5. The molecule has 118 valence electrons. The summed E-state index contributed by atoms with van der Waals surface area (Å²) in [4.78, 5) is 16.5. The molecule has 3 rings (SSSR count). The molecule has 1 saturated heterocycles. The smallest absolute Gasteiger partial charge is 0.226 e. The van der Waals surface area contributed by atoms with Gasteiger partial charge in [-0.25, -0.2) is 4.98 Å². The molecule has 22 heavy (non-hydrogen) atoms. The molecule has 1 aliphatic heterocycles. The van der Waals surface area contributed by atoms with Crippen molar-refractivity contribution in [3.05, 3.63) is 33.6 Å². The number of carbonyl (C=O) groups is 1. The van der Waals surface area contributed by atoms with Crippen LogP contribution in [0.25, 0.3) is 0 Å². The number of hydrogen-bond donors (Lipinski definition) is 1. The highest BCUT2D eigenvalue weighted by Gasteiger charge is 2.30. The maximum atomic E-state index is 12.1. The molecule has 0 unspecified atom stereocenters. The Hall–Kier alpha value is -1.73. The number of aromatic nitrogens is 2. The Morgan fingerprint density at radius 3 is 3.00 bits per heavy atom. The molecule has 7 heteroatoms. The average molecular weight is 321 g/mol. The Bertz CT molecular complexity index is 652.